The van der Waals surface area contributed by atoms with Crippen molar-refractivity contribution in [3.63, 3.8) is 0 Å². The fraction of sp³-hybridized carbons (Fsp3) is 0.667. The molecule has 2 rings (SSSR count). The van der Waals surface area contributed by atoms with E-state index in [4.69, 9.17) is 0 Å². The van der Waals surface area contributed by atoms with Crippen molar-refractivity contribution in [2.75, 3.05) is 13.6 Å². The molecule has 0 amide bonds. The van der Waals surface area contributed by atoms with Crippen molar-refractivity contribution < 1.29 is 0 Å². The van der Waals surface area contributed by atoms with E-state index in [0.717, 1.165) is 24.1 Å². The van der Waals surface area contributed by atoms with Crippen molar-refractivity contribution in [2.45, 2.75) is 58.4 Å². The monoisotopic (exact) mass is 430 g/mol. The summed E-state index contributed by atoms with van der Waals surface area (Å²) < 4.78 is 0. The molecule has 130 valence electrons. The van der Waals surface area contributed by atoms with Crippen LogP contribution in [-0.4, -0.2) is 24.5 Å². The Bertz CT molecular complexity index is 470. The first kappa shape index (κ1) is 20.2. The first-order valence-corrected chi connectivity index (χ1v) is 8.64. The standard InChI is InChI=1S/C18H30N4.HI/c1-15-8-7-13-20-17(15)14-22-18(19-2)21-12-6-5-11-16-9-3-4-10-16;/h7-8,13,16H,3-6,9-12,14H2,1-2H3,(H2,19,21,22);1H. The average molecular weight is 430 g/mol. The molecule has 1 heterocycles. The summed E-state index contributed by atoms with van der Waals surface area (Å²) >= 11 is 0. The van der Waals surface area contributed by atoms with Crippen molar-refractivity contribution in [3.05, 3.63) is 29.6 Å². The van der Waals surface area contributed by atoms with Gasteiger partial charge in [-0.25, -0.2) is 0 Å². The van der Waals surface area contributed by atoms with Gasteiger partial charge in [0.1, 0.15) is 0 Å². The lowest BCUT2D eigenvalue weighted by molar-refractivity contribution is 0.472. The Kier molecular flexibility index (Phi) is 10.2. The molecular formula is C18H31IN4. The van der Waals surface area contributed by atoms with E-state index < -0.39 is 0 Å². The van der Waals surface area contributed by atoms with Gasteiger partial charge in [-0.05, 0) is 30.9 Å². The van der Waals surface area contributed by atoms with Gasteiger partial charge in [0.15, 0.2) is 5.96 Å². The van der Waals surface area contributed by atoms with E-state index in [-0.39, 0.29) is 24.0 Å². The Morgan fingerprint density at radius 2 is 2.04 bits per heavy atom. The average Bonchev–Trinajstić information content (AvgIpc) is 3.05. The molecule has 5 heteroatoms. The molecule has 1 fully saturated rings. The summed E-state index contributed by atoms with van der Waals surface area (Å²) in [7, 11) is 1.82. The van der Waals surface area contributed by atoms with Crippen LogP contribution in [0, 0.1) is 12.8 Å². The van der Waals surface area contributed by atoms with Crippen LogP contribution in [0.4, 0.5) is 0 Å². The predicted molar refractivity (Wildman–Crippen MR) is 108 cm³/mol. The number of pyridine rings is 1. The van der Waals surface area contributed by atoms with Crippen LogP contribution >= 0.6 is 24.0 Å². The van der Waals surface area contributed by atoms with Crippen molar-refractivity contribution in [3.8, 4) is 0 Å². The van der Waals surface area contributed by atoms with Crippen molar-refractivity contribution >= 4 is 29.9 Å². The SMILES string of the molecule is CN=C(NCCCCC1CCCC1)NCc1ncccc1C.I. The van der Waals surface area contributed by atoms with Crippen LogP contribution in [0.25, 0.3) is 0 Å². The number of aliphatic imine (C=N–C) groups is 1. The van der Waals surface area contributed by atoms with Crippen LogP contribution in [0.5, 0.6) is 0 Å². The van der Waals surface area contributed by atoms with Crippen molar-refractivity contribution in [1.29, 1.82) is 0 Å². The summed E-state index contributed by atoms with van der Waals surface area (Å²) in [5, 5.41) is 6.73. The van der Waals surface area contributed by atoms with Crippen molar-refractivity contribution in [2.24, 2.45) is 10.9 Å². The highest BCUT2D eigenvalue weighted by Crippen LogP contribution is 2.28. The van der Waals surface area contributed by atoms with Gasteiger partial charge in [-0.1, -0.05) is 44.6 Å². The summed E-state index contributed by atoms with van der Waals surface area (Å²) in [5.74, 6) is 1.87. The quantitative estimate of drug-likeness (QED) is 0.297. The van der Waals surface area contributed by atoms with Gasteiger partial charge in [0.25, 0.3) is 0 Å². The highest BCUT2D eigenvalue weighted by atomic mass is 127. The third-order valence-corrected chi connectivity index (χ3v) is 4.57. The topological polar surface area (TPSA) is 49.3 Å². The number of aromatic nitrogens is 1. The number of nitrogens with zero attached hydrogens (tertiary/aromatic N) is 2. The van der Waals surface area contributed by atoms with Crippen LogP contribution in [0.1, 0.15) is 56.2 Å². The lowest BCUT2D eigenvalue weighted by Crippen LogP contribution is -2.37. The van der Waals surface area contributed by atoms with E-state index in [9.17, 15) is 0 Å². The number of halogens is 1. The molecule has 0 atom stereocenters. The minimum atomic E-state index is 0. The Hall–Kier alpha value is -0.850. The zero-order valence-corrected chi connectivity index (χ0v) is 16.8. The molecule has 1 aromatic rings. The Balaban J connectivity index is 0.00000264. The van der Waals surface area contributed by atoms with Crippen LogP contribution in [0.3, 0.4) is 0 Å². The second-order valence-corrected chi connectivity index (χ2v) is 6.27. The molecule has 1 aliphatic carbocycles. The minimum Gasteiger partial charge on any atom is -0.356 e. The third kappa shape index (κ3) is 7.50. The fourth-order valence-corrected chi connectivity index (χ4v) is 3.16. The van der Waals surface area contributed by atoms with Crippen molar-refractivity contribution in [1.82, 2.24) is 15.6 Å². The van der Waals surface area contributed by atoms with Gasteiger partial charge in [0, 0.05) is 19.8 Å². The zero-order valence-electron chi connectivity index (χ0n) is 14.5. The van der Waals surface area contributed by atoms with Gasteiger partial charge in [-0.3, -0.25) is 9.98 Å². The molecule has 0 aliphatic heterocycles. The fourth-order valence-electron chi connectivity index (χ4n) is 3.16. The highest BCUT2D eigenvalue weighted by Gasteiger charge is 2.13. The molecule has 1 saturated carbocycles. The maximum Gasteiger partial charge on any atom is 0.191 e. The van der Waals surface area contributed by atoms with Gasteiger partial charge in [-0.15, -0.1) is 24.0 Å². The molecule has 0 bridgehead atoms. The molecule has 4 nitrogen and oxygen atoms in total. The summed E-state index contributed by atoms with van der Waals surface area (Å²) in [4.78, 5) is 8.67. The van der Waals surface area contributed by atoms with E-state index in [0.29, 0.717) is 6.54 Å². The summed E-state index contributed by atoms with van der Waals surface area (Å²) in [6, 6.07) is 4.06. The Morgan fingerprint density at radius 3 is 2.74 bits per heavy atom. The summed E-state index contributed by atoms with van der Waals surface area (Å²) in [5.41, 5.74) is 2.29. The normalized spacial score (nSPS) is 15.3. The first-order chi connectivity index (χ1) is 10.8. The molecule has 0 unspecified atom stereocenters. The molecule has 0 radical (unpaired) electrons. The lowest BCUT2D eigenvalue weighted by atomic mass is 10.0. The zero-order chi connectivity index (χ0) is 15.6. The van der Waals surface area contributed by atoms with E-state index in [1.54, 1.807) is 0 Å². The smallest absolute Gasteiger partial charge is 0.191 e. The predicted octanol–water partition coefficient (Wildman–Crippen LogP) is 4.03. The molecule has 1 aliphatic rings. The van der Waals surface area contributed by atoms with E-state index in [2.05, 4.69) is 33.6 Å². The minimum absolute atomic E-state index is 0. The number of hydrogen-bond donors (Lipinski definition) is 2. The molecular weight excluding hydrogens is 399 g/mol. The van der Waals surface area contributed by atoms with E-state index >= 15 is 0 Å². The molecule has 0 saturated heterocycles. The van der Waals surface area contributed by atoms with Crippen LogP contribution in [0.15, 0.2) is 23.3 Å². The van der Waals surface area contributed by atoms with Crippen LogP contribution < -0.4 is 10.6 Å². The molecule has 0 spiro atoms. The third-order valence-electron chi connectivity index (χ3n) is 4.57. The van der Waals surface area contributed by atoms with E-state index in [1.807, 2.05) is 19.3 Å². The number of guanidine groups is 1. The Labute approximate surface area is 158 Å². The maximum atomic E-state index is 4.39. The molecule has 23 heavy (non-hydrogen) atoms. The number of aryl methyl sites for hydroxylation is 1. The van der Waals surface area contributed by atoms with Gasteiger partial charge in [0.05, 0.1) is 12.2 Å². The first-order valence-electron chi connectivity index (χ1n) is 8.64. The maximum absolute atomic E-state index is 4.39. The lowest BCUT2D eigenvalue weighted by Gasteiger charge is -2.13. The number of rotatable bonds is 7. The summed E-state index contributed by atoms with van der Waals surface area (Å²) in [6.07, 6.45) is 11.6. The molecule has 2 N–H and O–H groups in total. The summed E-state index contributed by atoms with van der Waals surface area (Å²) in [6.45, 7) is 3.80. The van der Waals surface area contributed by atoms with Gasteiger partial charge >= 0.3 is 0 Å². The van der Waals surface area contributed by atoms with Gasteiger partial charge in [-0.2, -0.15) is 0 Å². The number of nitrogens with one attached hydrogen (secondary N) is 2. The largest absolute Gasteiger partial charge is 0.356 e. The van der Waals surface area contributed by atoms with Gasteiger partial charge in [0.2, 0.25) is 0 Å². The molecule has 0 aromatic carbocycles. The number of hydrogen-bond acceptors (Lipinski definition) is 2. The molecule has 1 aromatic heterocycles. The Morgan fingerprint density at radius 1 is 1.26 bits per heavy atom. The van der Waals surface area contributed by atoms with Crippen LogP contribution in [0.2, 0.25) is 0 Å². The van der Waals surface area contributed by atoms with Gasteiger partial charge < -0.3 is 10.6 Å². The number of unbranched alkanes of at least 4 members (excludes halogenated alkanes) is 1. The second-order valence-electron chi connectivity index (χ2n) is 6.27. The van der Waals surface area contributed by atoms with Crippen LogP contribution in [-0.2, 0) is 6.54 Å². The second kappa shape index (κ2) is 11.6. The van der Waals surface area contributed by atoms with E-state index in [1.165, 1.54) is 50.5 Å². The highest BCUT2D eigenvalue weighted by molar-refractivity contribution is 14.0.